The van der Waals surface area contributed by atoms with Crippen LogP contribution in [-0.2, 0) is 9.53 Å². The number of hydrogen-bond donors (Lipinski definition) is 2. The van der Waals surface area contributed by atoms with E-state index in [2.05, 4.69) is 4.98 Å². The van der Waals surface area contributed by atoms with Gasteiger partial charge >= 0.3 is 5.97 Å². The number of aromatic nitrogens is 1. The van der Waals surface area contributed by atoms with Gasteiger partial charge < -0.3 is 20.5 Å². The van der Waals surface area contributed by atoms with Gasteiger partial charge in [0.05, 0.1) is 18.5 Å². The Morgan fingerprint density at radius 3 is 2.72 bits per heavy atom. The number of aliphatic carboxylic acids is 1. The number of carboxylic acid groups (broad SMARTS) is 1. The molecule has 0 bridgehead atoms. The highest BCUT2D eigenvalue weighted by Gasteiger charge is 2.19. The van der Waals surface area contributed by atoms with Crippen molar-refractivity contribution in [2.45, 2.75) is 0 Å². The third kappa shape index (κ3) is 4.02. The van der Waals surface area contributed by atoms with Crippen LogP contribution in [0.5, 0.6) is 0 Å². The van der Waals surface area contributed by atoms with E-state index in [-0.39, 0.29) is 18.8 Å². The van der Waals surface area contributed by atoms with E-state index in [4.69, 9.17) is 15.6 Å². The number of anilines is 1. The fraction of sp³-hybridized carbons (Fsp3) is 0.364. The van der Waals surface area contributed by atoms with Crippen LogP contribution in [0, 0.1) is 0 Å². The number of nitrogens with zero attached hydrogens (tertiary/aromatic N) is 2. The molecule has 0 aliphatic rings. The molecule has 7 heteroatoms. The predicted octanol–water partition coefficient (Wildman–Crippen LogP) is -0.163. The van der Waals surface area contributed by atoms with Crippen molar-refractivity contribution in [3.8, 4) is 0 Å². The lowest BCUT2D eigenvalue weighted by atomic mass is 10.3. The highest BCUT2D eigenvalue weighted by molar-refractivity contribution is 5.94. The lowest BCUT2D eigenvalue weighted by molar-refractivity contribution is -0.137. The SMILES string of the molecule is COCCN(CC(=O)O)C(=O)c1ccc(N)cn1. The van der Waals surface area contributed by atoms with Crippen LogP contribution < -0.4 is 5.73 Å². The summed E-state index contributed by atoms with van der Waals surface area (Å²) in [5, 5.41) is 8.75. The Labute approximate surface area is 104 Å². The molecule has 0 aliphatic carbocycles. The fourth-order valence-corrected chi connectivity index (χ4v) is 1.31. The summed E-state index contributed by atoms with van der Waals surface area (Å²) >= 11 is 0. The van der Waals surface area contributed by atoms with Gasteiger partial charge in [-0.3, -0.25) is 9.59 Å². The molecule has 0 aliphatic heterocycles. The van der Waals surface area contributed by atoms with E-state index >= 15 is 0 Å². The number of ether oxygens (including phenoxy) is 1. The third-order valence-electron chi connectivity index (χ3n) is 2.18. The molecule has 1 amide bonds. The number of nitrogen functional groups attached to an aromatic ring is 1. The first-order valence-electron chi connectivity index (χ1n) is 5.26. The van der Waals surface area contributed by atoms with E-state index < -0.39 is 18.4 Å². The first-order chi connectivity index (χ1) is 8.54. The Bertz CT molecular complexity index is 419. The zero-order valence-corrected chi connectivity index (χ0v) is 10.00. The second-order valence-electron chi connectivity index (χ2n) is 3.59. The molecular formula is C11H15N3O4. The zero-order chi connectivity index (χ0) is 13.5. The molecule has 0 fully saturated rings. The number of carbonyl (C=O) groups excluding carboxylic acids is 1. The van der Waals surface area contributed by atoms with Crippen molar-refractivity contribution in [1.29, 1.82) is 0 Å². The van der Waals surface area contributed by atoms with E-state index in [0.717, 1.165) is 4.90 Å². The molecule has 1 aromatic heterocycles. The number of nitrogens with two attached hydrogens (primary N) is 1. The lowest BCUT2D eigenvalue weighted by Gasteiger charge is -2.19. The molecule has 0 unspecified atom stereocenters. The summed E-state index contributed by atoms with van der Waals surface area (Å²) in [5.41, 5.74) is 6.05. The topological polar surface area (TPSA) is 106 Å². The number of rotatable bonds is 6. The van der Waals surface area contributed by atoms with E-state index in [1.165, 1.54) is 25.4 Å². The minimum absolute atomic E-state index is 0.154. The molecule has 1 aromatic rings. The van der Waals surface area contributed by atoms with Crippen LogP contribution in [0.3, 0.4) is 0 Å². The van der Waals surface area contributed by atoms with Gasteiger partial charge in [0.15, 0.2) is 0 Å². The summed E-state index contributed by atoms with van der Waals surface area (Å²) in [7, 11) is 1.48. The normalized spacial score (nSPS) is 10.1. The van der Waals surface area contributed by atoms with E-state index in [1.807, 2.05) is 0 Å². The maximum Gasteiger partial charge on any atom is 0.323 e. The Morgan fingerprint density at radius 1 is 1.50 bits per heavy atom. The molecule has 7 nitrogen and oxygen atoms in total. The van der Waals surface area contributed by atoms with E-state index in [9.17, 15) is 9.59 Å². The standard InChI is InChI=1S/C11H15N3O4/c1-18-5-4-14(7-10(15)16)11(17)9-3-2-8(12)6-13-9/h2-3,6H,4-5,7,12H2,1H3,(H,15,16). The fourth-order valence-electron chi connectivity index (χ4n) is 1.31. The molecule has 3 N–H and O–H groups in total. The lowest BCUT2D eigenvalue weighted by Crippen LogP contribution is -2.38. The number of amides is 1. The van der Waals surface area contributed by atoms with Crippen molar-refractivity contribution in [3.05, 3.63) is 24.0 Å². The number of carboxylic acids is 1. The maximum atomic E-state index is 12.0. The number of carbonyl (C=O) groups is 2. The summed E-state index contributed by atoms with van der Waals surface area (Å²) < 4.78 is 4.83. The number of pyridine rings is 1. The van der Waals surface area contributed by atoms with Gasteiger partial charge in [-0.2, -0.15) is 0 Å². The molecule has 18 heavy (non-hydrogen) atoms. The Kier molecular flexibility index (Phi) is 5.06. The molecule has 0 saturated heterocycles. The largest absolute Gasteiger partial charge is 0.480 e. The molecule has 0 radical (unpaired) electrons. The van der Waals surface area contributed by atoms with Crippen LogP contribution >= 0.6 is 0 Å². The van der Waals surface area contributed by atoms with Crippen LogP contribution in [0.4, 0.5) is 5.69 Å². The summed E-state index contributed by atoms with van der Waals surface area (Å²) in [5.74, 6) is -1.55. The van der Waals surface area contributed by atoms with Crippen molar-refractivity contribution >= 4 is 17.6 Å². The van der Waals surface area contributed by atoms with E-state index in [0.29, 0.717) is 5.69 Å². The molecule has 0 spiro atoms. The van der Waals surface area contributed by atoms with Gasteiger partial charge in [-0.15, -0.1) is 0 Å². The average Bonchev–Trinajstić information content (AvgIpc) is 2.34. The summed E-state index contributed by atoms with van der Waals surface area (Å²) in [4.78, 5) is 27.7. The van der Waals surface area contributed by atoms with Gasteiger partial charge in [0, 0.05) is 13.7 Å². The third-order valence-corrected chi connectivity index (χ3v) is 2.18. The molecule has 1 rings (SSSR count). The number of hydrogen-bond acceptors (Lipinski definition) is 5. The molecule has 0 aromatic carbocycles. The quantitative estimate of drug-likeness (QED) is 0.729. The summed E-state index contributed by atoms with van der Waals surface area (Å²) in [6.07, 6.45) is 1.35. The van der Waals surface area contributed by atoms with Crippen LogP contribution in [0.25, 0.3) is 0 Å². The Hall–Kier alpha value is -2.15. The Morgan fingerprint density at radius 2 is 2.22 bits per heavy atom. The monoisotopic (exact) mass is 253 g/mol. The van der Waals surface area contributed by atoms with Crippen molar-refractivity contribution < 1.29 is 19.4 Å². The minimum atomic E-state index is -1.09. The number of methoxy groups -OCH3 is 1. The first kappa shape index (κ1) is 13.9. The van der Waals surface area contributed by atoms with Crippen LogP contribution in [0.2, 0.25) is 0 Å². The average molecular weight is 253 g/mol. The predicted molar refractivity (Wildman–Crippen MR) is 64.1 cm³/mol. The smallest absolute Gasteiger partial charge is 0.323 e. The van der Waals surface area contributed by atoms with Gasteiger partial charge in [0.1, 0.15) is 12.2 Å². The van der Waals surface area contributed by atoms with Crippen molar-refractivity contribution in [2.75, 3.05) is 32.5 Å². The first-order valence-corrected chi connectivity index (χ1v) is 5.26. The van der Waals surface area contributed by atoms with Gasteiger partial charge in [0.2, 0.25) is 0 Å². The highest BCUT2D eigenvalue weighted by Crippen LogP contribution is 2.05. The summed E-state index contributed by atoms with van der Waals surface area (Å²) in [6, 6.07) is 2.99. The van der Waals surface area contributed by atoms with Crippen molar-refractivity contribution in [1.82, 2.24) is 9.88 Å². The van der Waals surface area contributed by atoms with Gasteiger partial charge in [-0.05, 0) is 12.1 Å². The second-order valence-corrected chi connectivity index (χ2v) is 3.59. The molecule has 0 saturated carbocycles. The minimum Gasteiger partial charge on any atom is -0.480 e. The van der Waals surface area contributed by atoms with Crippen LogP contribution in [0.1, 0.15) is 10.5 Å². The van der Waals surface area contributed by atoms with Crippen molar-refractivity contribution in [3.63, 3.8) is 0 Å². The Balaban J connectivity index is 2.80. The summed E-state index contributed by atoms with van der Waals surface area (Å²) in [6.45, 7) is 0.0515. The second kappa shape index (κ2) is 6.55. The van der Waals surface area contributed by atoms with Gasteiger partial charge in [-0.1, -0.05) is 0 Å². The maximum absolute atomic E-state index is 12.0. The molecule has 98 valence electrons. The molecular weight excluding hydrogens is 238 g/mol. The van der Waals surface area contributed by atoms with Crippen molar-refractivity contribution in [2.24, 2.45) is 0 Å². The highest BCUT2D eigenvalue weighted by atomic mass is 16.5. The van der Waals surface area contributed by atoms with Crippen LogP contribution in [0.15, 0.2) is 18.3 Å². The van der Waals surface area contributed by atoms with Gasteiger partial charge in [-0.25, -0.2) is 4.98 Å². The van der Waals surface area contributed by atoms with Crippen LogP contribution in [-0.4, -0.2) is 53.7 Å². The van der Waals surface area contributed by atoms with E-state index in [1.54, 1.807) is 0 Å². The molecule has 0 atom stereocenters. The van der Waals surface area contributed by atoms with Gasteiger partial charge in [0.25, 0.3) is 5.91 Å². The molecule has 1 heterocycles. The zero-order valence-electron chi connectivity index (χ0n) is 10.00.